The van der Waals surface area contributed by atoms with Crippen LogP contribution in [-0.2, 0) is 5.75 Å². The van der Waals surface area contributed by atoms with Crippen molar-refractivity contribution >= 4 is 23.4 Å². The van der Waals surface area contributed by atoms with Crippen LogP contribution < -0.4 is 9.47 Å². The van der Waals surface area contributed by atoms with Crippen LogP contribution in [0, 0.1) is 0 Å². The monoisotopic (exact) mass is 363 g/mol. The number of benzene rings is 1. The summed E-state index contributed by atoms with van der Waals surface area (Å²) in [6.45, 7) is 0. The number of halogens is 1. The summed E-state index contributed by atoms with van der Waals surface area (Å²) in [6.07, 6.45) is 1.65. The van der Waals surface area contributed by atoms with Crippen molar-refractivity contribution in [2.24, 2.45) is 0 Å². The topological polar surface area (TPSA) is 70.3 Å². The van der Waals surface area contributed by atoms with Gasteiger partial charge in [-0.05, 0) is 29.8 Å². The van der Waals surface area contributed by atoms with Gasteiger partial charge in [-0.25, -0.2) is 4.98 Å². The Hall–Kier alpha value is -2.25. The Labute approximate surface area is 148 Å². The molecule has 0 saturated carbocycles. The molecule has 0 unspecified atom stereocenters. The number of methoxy groups -OCH3 is 2. The predicted molar refractivity (Wildman–Crippen MR) is 91.6 cm³/mol. The van der Waals surface area contributed by atoms with Gasteiger partial charge in [0, 0.05) is 17.5 Å². The molecule has 124 valence electrons. The second-order valence-electron chi connectivity index (χ2n) is 4.68. The maximum absolute atomic E-state index is 6.04. The third kappa shape index (κ3) is 3.63. The minimum atomic E-state index is 0.413. The van der Waals surface area contributed by atoms with Crippen molar-refractivity contribution in [2.75, 3.05) is 14.2 Å². The van der Waals surface area contributed by atoms with E-state index in [4.69, 9.17) is 25.5 Å². The van der Waals surface area contributed by atoms with Crippen molar-refractivity contribution in [2.45, 2.75) is 11.0 Å². The molecule has 0 bridgehead atoms. The lowest BCUT2D eigenvalue weighted by Crippen LogP contribution is -1.90. The summed E-state index contributed by atoms with van der Waals surface area (Å²) in [5.74, 6) is 2.25. The van der Waals surface area contributed by atoms with Crippen molar-refractivity contribution in [1.82, 2.24) is 15.2 Å². The molecule has 1 aromatic carbocycles. The maximum atomic E-state index is 6.04. The van der Waals surface area contributed by atoms with Crippen molar-refractivity contribution in [1.29, 1.82) is 0 Å². The molecule has 3 rings (SSSR count). The van der Waals surface area contributed by atoms with E-state index in [9.17, 15) is 0 Å². The van der Waals surface area contributed by atoms with Crippen LogP contribution >= 0.6 is 23.4 Å². The number of pyridine rings is 1. The Morgan fingerprint density at radius 1 is 1.12 bits per heavy atom. The molecule has 0 aliphatic rings. The lowest BCUT2D eigenvalue weighted by molar-refractivity contribution is 0.355. The zero-order valence-electron chi connectivity index (χ0n) is 13.0. The Balaban J connectivity index is 1.75. The molecular formula is C16H14ClN3O3S. The van der Waals surface area contributed by atoms with Gasteiger partial charge in [0.1, 0.15) is 5.15 Å². The molecule has 0 spiro atoms. The number of thioether (sulfide) groups is 1. The smallest absolute Gasteiger partial charge is 0.277 e. The molecule has 0 radical (unpaired) electrons. The molecule has 0 atom stereocenters. The van der Waals surface area contributed by atoms with Gasteiger partial charge < -0.3 is 13.9 Å². The summed E-state index contributed by atoms with van der Waals surface area (Å²) in [5.41, 5.74) is 1.67. The number of rotatable bonds is 6. The largest absolute Gasteiger partial charge is 0.493 e. The van der Waals surface area contributed by atoms with Gasteiger partial charge in [-0.3, -0.25) is 0 Å². The molecule has 24 heavy (non-hydrogen) atoms. The Kier molecular flexibility index (Phi) is 5.22. The first kappa shape index (κ1) is 16.6. The number of aromatic nitrogens is 3. The van der Waals surface area contributed by atoms with Crippen LogP contribution in [0.3, 0.4) is 0 Å². The second kappa shape index (κ2) is 7.55. The van der Waals surface area contributed by atoms with Crippen molar-refractivity contribution in [3.8, 4) is 23.0 Å². The molecule has 6 nitrogen and oxygen atoms in total. The summed E-state index contributed by atoms with van der Waals surface area (Å²) >= 11 is 7.44. The van der Waals surface area contributed by atoms with Crippen LogP contribution in [0.15, 0.2) is 46.2 Å². The third-order valence-electron chi connectivity index (χ3n) is 3.22. The van der Waals surface area contributed by atoms with Gasteiger partial charge in [0.25, 0.3) is 5.22 Å². The molecule has 0 aliphatic carbocycles. The summed E-state index contributed by atoms with van der Waals surface area (Å²) in [4.78, 5) is 4.04. The Bertz CT molecular complexity index is 841. The van der Waals surface area contributed by atoms with Gasteiger partial charge in [0.15, 0.2) is 11.5 Å². The van der Waals surface area contributed by atoms with E-state index in [1.165, 1.54) is 11.8 Å². The zero-order chi connectivity index (χ0) is 16.9. The highest BCUT2D eigenvalue weighted by Gasteiger charge is 2.13. The average Bonchev–Trinajstić information content (AvgIpc) is 3.09. The standard InChI is InChI=1S/C16H14ClN3O3S/c1-21-12-6-5-10(8-13(12)22-2)15-19-20-16(23-15)24-9-11-4-3-7-18-14(11)17/h3-8H,9H2,1-2H3. The number of hydrogen-bond acceptors (Lipinski definition) is 7. The van der Waals surface area contributed by atoms with E-state index < -0.39 is 0 Å². The molecular weight excluding hydrogens is 350 g/mol. The van der Waals surface area contributed by atoms with Gasteiger partial charge in [-0.1, -0.05) is 29.4 Å². The maximum Gasteiger partial charge on any atom is 0.277 e. The van der Waals surface area contributed by atoms with E-state index in [0.717, 1.165) is 11.1 Å². The predicted octanol–water partition coefficient (Wildman–Crippen LogP) is 4.09. The fourth-order valence-electron chi connectivity index (χ4n) is 2.02. The van der Waals surface area contributed by atoms with E-state index >= 15 is 0 Å². The van der Waals surface area contributed by atoms with Gasteiger partial charge in [0.2, 0.25) is 5.89 Å². The van der Waals surface area contributed by atoms with Crippen molar-refractivity contribution < 1.29 is 13.9 Å². The minimum absolute atomic E-state index is 0.413. The number of hydrogen-bond donors (Lipinski definition) is 0. The summed E-state index contributed by atoms with van der Waals surface area (Å²) in [5, 5.41) is 9.05. The highest BCUT2D eigenvalue weighted by Crippen LogP contribution is 2.33. The Morgan fingerprint density at radius 3 is 2.71 bits per heavy atom. The van der Waals surface area contributed by atoms with E-state index in [-0.39, 0.29) is 0 Å². The summed E-state index contributed by atoms with van der Waals surface area (Å²) in [7, 11) is 3.16. The fourth-order valence-corrected chi connectivity index (χ4v) is 3.03. The highest BCUT2D eigenvalue weighted by atomic mass is 35.5. The molecule has 3 aromatic rings. The lowest BCUT2D eigenvalue weighted by Gasteiger charge is -2.07. The first-order valence-electron chi connectivity index (χ1n) is 6.99. The van der Waals surface area contributed by atoms with Gasteiger partial charge >= 0.3 is 0 Å². The molecule has 0 amide bonds. The number of nitrogens with zero attached hydrogens (tertiary/aromatic N) is 3. The molecule has 0 fully saturated rings. The van der Waals surface area contributed by atoms with Crippen LogP contribution in [-0.4, -0.2) is 29.4 Å². The van der Waals surface area contributed by atoms with E-state index in [1.54, 1.807) is 32.5 Å². The van der Waals surface area contributed by atoms with E-state index in [0.29, 0.717) is 33.5 Å². The highest BCUT2D eigenvalue weighted by molar-refractivity contribution is 7.98. The summed E-state index contributed by atoms with van der Waals surface area (Å²) in [6, 6.07) is 9.17. The van der Waals surface area contributed by atoms with Crippen molar-refractivity contribution in [3.05, 3.63) is 47.2 Å². The van der Waals surface area contributed by atoms with E-state index in [2.05, 4.69) is 15.2 Å². The van der Waals surface area contributed by atoms with Gasteiger partial charge in [-0.2, -0.15) is 0 Å². The normalized spacial score (nSPS) is 10.6. The van der Waals surface area contributed by atoms with Crippen LogP contribution in [0.4, 0.5) is 0 Å². The van der Waals surface area contributed by atoms with Crippen LogP contribution in [0.1, 0.15) is 5.56 Å². The second-order valence-corrected chi connectivity index (χ2v) is 5.97. The SMILES string of the molecule is COc1ccc(-c2nnc(SCc3cccnc3Cl)o2)cc1OC. The quantitative estimate of drug-likeness (QED) is 0.482. The van der Waals surface area contributed by atoms with Crippen LogP contribution in [0.2, 0.25) is 5.15 Å². The van der Waals surface area contributed by atoms with Gasteiger partial charge in [-0.15, -0.1) is 10.2 Å². The van der Waals surface area contributed by atoms with Crippen LogP contribution in [0.5, 0.6) is 11.5 Å². The molecule has 2 heterocycles. The average molecular weight is 364 g/mol. The Morgan fingerprint density at radius 2 is 1.96 bits per heavy atom. The molecule has 2 aromatic heterocycles. The number of ether oxygens (including phenoxy) is 2. The lowest BCUT2D eigenvalue weighted by atomic mass is 10.2. The zero-order valence-corrected chi connectivity index (χ0v) is 14.6. The third-order valence-corrected chi connectivity index (χ3v) is 4.43. The van der Waals surface area contributed by atoms with E-state index in [1.807, 2.05) is 18.2 Å². The van der Waals surface area contributed by atoms with Crippen LogP contribution in [0.25, 0.3) is 11.5 Å². The molecule has 0 N–H and O–H groups in total. The van der Waals surface area contributed by atoms with Crippen molar-refractivity contribution in [3.63, 3.8) is 0 Å². The summed E-state index contributed by atoms with van der Waals surface area (Å²) < 4.78 is 16.2. The molecule has 0 aliphatic heterocycles. The molecule has 8 heteroatoms. The van der Waals surface area contributed by atoms with Gasteiger partial charge in [0.05, 0.1) is 14.2 Å². The minimum Gasteiger partial charge on any atom is -0.493 e. The molecule has 0 saturated heterocycles. The first-order chi connectivity index (χ1) is 11.7. The first-order valence-corrected chi connectivity index (χ1v) is 8.35. The fraction of sp³-hybridized carbons (Fsp3) is 0.188.